The molecule has 0 saturated carbocycles. The lowest BCUT2D eigenvalue weighted by Gasteiger charge is -2.13. The summed E-state index contributed by atoms with van der Waals surface area (Å²) in [7, 11) is 0. The van der Waals surface area contributed by atoms with Gasteiger partial charge in [0.15, 0.2) is 0 Å². The molecule has 0 spiro atoms. The first-order valence-corrected chi connectivity index (χ1v) is 8.17. The van der Waals surface area contributed by atoms with Crippen LogP contribution in [0.5, 0.6) is 11.5 Å². The summed E-state index contributed by atoms with van der Waals surface area (Å²) in [6.45, 7) is 5.23. The number of alkyl halides is 1. The largest absolute Gasteiger partial charge is 0.494 e. The fourth-order valence-electron chi connectivity index (χ4n) is 2.04. The van der Waals surface area contributed by atoms with E-state index in [1.165, 1.54) is 0 Å². The molecule has 0 N–H and O–H groups in total. The van der Waals surface area contributed by atoms with E-state index in [0.29, 0.717) is 13.2 Å². The zero-order chi connectivity index (χ0) is 15.2. The molecule has 112 valence electrons. The van der Waals surface area contributed by atoms with Crippen molar-refractivity contribution < 1.29 is 9.47 Å². The van der Waals surface area contributed by atoms with Gasteiger partial charge < -0.3 is 9.47 Å². The van der Waals surface area contributed by atoms with Crippen LogP contribution in [0.1, 0.15) is 30.4 Å². The molecule has 2 aromatic rings. The van der Waals surface area contributed by atoms with Crippen molar-refractivity contribution in [3.8, 4) is 11.5 Å². The molecular formula is C17H18BrClO2. The Balaban J connectivity index is 2.19. The highest BCUT2D eigenvalue weighted by Gasteiger charge is 2.13. The van der Waals surface area contributed by atoms with Gasteiger partial charge in [-0.3, -0.25) is 0 Å². The van der Waals surface area contributed by atoms with E-state index in [-0.39, 0.29) is 5.38 Å². The van der Waals surface area contributed by atoms with Gasteiger partial charge in [0.2, 0.25) is 0 Å². The van der Waals surface area contributed by atoms with Gasteiger partial charge in [0, 0.05) is 0 Å². The van der Waals surface area contributed by atoms with E-state index >= 15 is 0 Å². The topological polar surface area (TPSA) is 18.5 Å². The van der Waals surface area contributed by atoms with Gasteiger partial charge in [-0.15, -0.1) is 11.6 Å². The lowest BCUT2D eigenvalue weighted by molar-refractivity contribution is 0.338. The molecule has 4 heteroatoms. The average molecular weight is 370 g/mol. The number of ether oxygens (including phenoxy) is 2. The van der Waals surface area contributed by atoms with Crippen LogP contribution in [0.15, 0.2) is 46.9 Å². The van der Waals surface area contributed by atoms with Crippen LogP contribution in [0, 0.1) is 0 Å². The van der Waals surface area contributed by atoms with Gasteiger partial charge >= 0.3 is 0 Å². The van der Waals surface area contributed by atoms with Crippen LogP contribution in [0.25, 0.3) is 0 Å². The molecule has 1 unspecified atom stereocenters. The fraction of sp³-hybridized carbons (Fsp3) is 0.294. The maximum atomic E-state index is 6.56. The van der Waals surface area contributed by atoms with Gasteiger partial charge in [0.25, 0.3) is 0 Å². The van der Waals surface area contributed by atoms with Crippen molar-refractivity contribution in [2.75, 3.05) is 13.2 Å². The normalized spacial score (nSPS) is 12.0. The molecule has 0 aliphatic carbocycles. The summed E-state index contributed by atoms with van der Waals surface area (Å²) in [5, 5.41) is -0.201. The van der Waals surface area contributed by atoms with Crippen LogP contribution < -0.4 is 9.47 Å². The lowest BCUT2D eigenvalue weighted by atomic mass is 10.0. The Morgan fingerprint density at radius 1 is 0.952 bits per heavy atom. The van der Waals surface area contributed by atoms with Crippen molar-refractivity contribution in [2.45, 2.75) is 19.2 Å². The third kappa shape index (κ3) is 4.14. The zero-order valence-electron chi connectivity index (χ0n) is 12.1. The van der Waals surface area contributed by atoms with E-state index in [0.717, 1.165) is 27.1 Å². The molecule has 0 amide bonds. The highest BCUT2D eigenvalue weighted by Crippen LogP contribution is 2.34. The van der Waals surface area contributed by atoms with Crippen LogP contribution in [-0.2, 0) is 0 Å². The minimum atomic E-state index is -0.201. The second kappa shape index (κ2) is 7.71. The predicted molar refractivity (Wildman–Crippen MR) is 90.6 cm³/mol. The Bertz CT molecular complexity index is 584. The molecule has 2 aromatic carbocycles. The Morgan fingerprint density at radius 2 is 1.57 bits per heavy atom. The quantitative estimate of drug-likeness (QED) is 0.619. The number of hydrogen-bond acceptors (Lipinski definition) is 2. The van der Waals surface area contributed by atoms with Crippen molar-refractivity contribution in [3.63, 3.8) is 0 Å². The van der Waals surface area contributed by atoms with Gasteiger partial charge in [0.1, 0.15) is 11.5 Å². The number of rotatable bonds is 6. The molecule has 0 aliphatic heterocycles. The van der Waals surface area contributed by atoms with Crippen molar-refractivity contribution in [3.05, 3.63) is 58.1 Å². The van der Waals surface area contributed by atoms with E-state index in [4.69, 9.17) is 21.1 Å². The minimum Gasteiger partial charge on any atom is -0.494 e. The summed E-state index contributed by atoms with van der Waals surface area (Å²) in [6, 6.07) is 13.8. The Kier molecular flexibility index (Phi) is 5.95. The predicted octanol–water partition coefficient (Wildman–Crippen LogP) is 5.57. The van der Waals surface area contributed by atoms with Crippen molar-refractivity contribution in [1.82, 2.24) is 0 Å². The molecule has 0 saturated heterocycles. The minimum absolute atomic E-state index is 0.201. The molecule has 2 rings (SSSR count). The fourth-order valence-corrected chi connectivity index (χ4v) is 2.83. The molecule has 0 fully saturated rings. The molecule has 0 radical (unpaired) electrons. The maximum absolute atomic E-state index is 6.56. The smallest absolute Gasteiger partial charge is 0.133 e. The van der Waals surface area contributed by atoms with E-state index in [1.54, 1.807) is 0 Å². The van der Waals surface area contributed by atoms with Crippen molar-refractivity contribution in [1.29, 1.82) is 0 Å². The average Bonchev–Trinajstić information content (AvgIpc) is 2.50. The highest BCUT2D eigenvalue weighted by atomic mass is 79.9. The van der Waals surface area contributed by atoms with Crippen LogP contribution >= 0.6 is 27.5 Å². The third-order valence-corrected chi connectivity index (χ3v) is 4.16. The molecular weight excluding hydrogens is 352 g/mol. The van der Waals surface area contributed by atoms with Gasteiger partial charge in [-0.2, -0.15) is 0 Å². The summed E-state index contributed by atoms with van der Waals surface area (Å²) >= 11 is 10.1. The molecule has 0 bridgehead atoms. The zero-order valence-corrected chi connectivity index (χ0v) is 14.4. The van der Waals surface area contributed by atoms with Gasteiger partial charge in [-0.1, -0.05) is 18.2 Å². The van der Waals surface area contributed by atoms with E-state index < -0.39 is 0 Å². The van der Waals surface area contributed by atoms with Crippen LogP contribution in [0.2, 0.25) is 0 Å². The Morgan fingerprint density at radius 3 is 2.14 bits per heavy atom. The first kappa shape index (κ1) is 16.2. The highest BCUT2D eigenvalue weighted by molar-refractivity contribution is 9.10. The molecule has 2 nitrogen and oxygen atoms in total. The standard InChI is InChI=1S/C17H18BrClO2/c1-3-20-14-8-5-12(6-9-14)17(19)13-7-10-16(21-4-2)15(18)11-13/h5-11,17H,3-4H2,1-2H3. The Labute approximate surface area is 139 Å². The number of benzene rings is 2. The van der Waals surface area contributed by atoms with E-state index in [2.05, 4.69) is 15.9 Å². The SMILES string of the molecule is CCOc1ccc(C(Cl)c2ccc(OCC)c(Br)c2)cc1. The number of halogens is 2. The molecule has 21 heavy (non-hydrogen) atoms. The first-order chi connectivity index (χ1) is 10.2. The van der Waals surface area contributed by atoms with Gasteiger partial charge in [-0.25, -0.2) is 0 Å². The summed E-state index contributed by atoms with van der Waals surface area (Å²) in [6.07, 6.45) is 0. The number of hydrogen-bond donors (Lipinski definition) is 0. The summed E-state index contributed by atoms with van der Waals surface area (Å²) in [4.78, 5) is 0. The van der Waals surface area contributed by atoms with Crippen LogP contribution in [-0.4, -0.2) is 13.2 Å². The van der Waals surface area contributed by atoms with E-state index in [9.17, 15) is 0 Å². The molecule has 0 aliphatic rings. The van der Waals surface area contributed by atoms with E-state index in [1.807, 2.05) is 56.3 Å². The lowest BCUT2D eigenvalue weighted by Crippen LogP contribution is -1.97. The monoisotopic (exact) mass is 368 g/mol. The van der Waals surface area contributed by atoms with Gasteiger partial charge in [-0.05, 0) is 65.2 Å². The second-order valence-electron chi connectivity index (χ2n) is 4.49. The molecule has 0 heterocycles. The molecule has 1 atom stereocenters. The summed E-state index contributed by atoms with van der Waals surface area (Å²) in [5.74, 6) is 1.69. The molecule has 0 aromatic heterocycles. The van der Waals surface area contributed by atoms with Crippen molar-refractivity contribution in [2.24, 2.45) is 0 Å². The third-order valence-electron chi connectivity index (χ3n) is 3.03. The van der Waals surface area contributed by atoms with Crippen LogP contribution in [0.4, 0.5) is 0 Å². The van der Waals surface area contributed by atoms with Gasteiger partial charge in [0.05, 0.1) is 23.1 Å². The first-order valence-electron chi connectivity index (χ1n) is 6.94. The van der Waals surface area contributed by atoms with Crippen LogP contribution in [0.3, 0.4) is 0 Å². The maximum Gasteiger partial charge on any atom is 0.133 e. The van der Waals surface area contributed by atoms with Crippen molar-refractivity contribution >= 4 is 27.5 Å². The Hall–Kier alpha value is -1.19. The summed E-state index contributed by atoms with van der Waals surface area (Å²) < 4.78 is 11.9. The second-order valence-corrected chi connectivity index (χ2v) is 5.78. The summed E-state index contributed by atoms with van der Waals surface area (Å²) in [5.41, 5.74) is 2.06.